The lowest BCUT2D eigenvalue weighted by atomic mass is 9.89. The Kier molecular flexibility index (Phi) is 6.01. The molecule has 0 spiro atoms. The molecule has 2 aliphatic rings. The summed E-state index contributed by atoms with van der Waals surface area (Å²) >= 11 is 0. The third kappa shape index (κ3) is 4.28. The Labute approximate surface area is 148 Å². The quantitative estimate of drug-likeness (QED) is 0.472. The molecule has 0 aromatic rings. The molecule has 1 aliphatic carbocycles. The highest BCUT2D eigenvalue weighted by Crippen LogP contribution is 2.35. The predicted molar refractivity (Wildman–Crippen MR) is 94.6 cm³/mol. The van der Waals surface area contributed by atoms with Gasteiger partial charge in [0.1, 0.15) is 12.2 Å². The van der Waals surface area contributed by atoms with Gasteiger partial charge in [0.25, 0.3) is 0 Å². The van der Waals surface area contributed by atoms with E-state index in [-0.39, 0.29) is 11.5 Å². The van der Waals surface area contributed by atoms with Crippen LogP contribution in [0.1, 0.15) is 47.0 Å². The molecule has 136 valence electrons. The number of rotatable bonds is 2. The van der Waals surface area contributed by atoms with Crippen molar-refractivity contribution >= 4 is 11.9 Å². The first-order valence-electron chi connectivity index (χ1n) is 8.54. The third-order valence-corrected chi connectivity index (χ3v) is 4.81. The van der Waals surface area contributed by atoms with Crippen molar-refractivity contribution in [1.29, 1.82) is 0 Å². The summed E-state index contributed by atoms with van der Waals surface area (Å²) in [6.45, 7) is 11.0. The van der Waals surface area contributed by atoms with E-state index < -0.39 is 24.3 Å². The van der Waals surface area contributed by atoms with Gasteiger partial charge in [-0.1, -0.05) is 18.2 Å². The average molecular weight is 346 g/mol. The standard InChI is InChI=1S/C20H26O5/c1-6-12(3)19(22)24-15-9-11(2)7-8-16(21)13(4)18-14(5)20(23)25-17(18)10-15/h6,9,15-17,21H,5,7-8,10H2,1-4H3/b11-9+,12-6-,18-13-/t15-,16-,17-/m1/s1. The van der Waals surface area contributed by atoms with Crippen molar-refractivity contribution in [3.8, 4) is 0 Å². The Hall–Kier alpha value is -2.14. The lowest BCUT2D eigenvalue weighted by Crippen LogP contribution is -2.26. The summed E-state index contributed by atoms with van der Waals surface area (Å²) in [5.74, 6) is -0.875. The number of hydrogen-bond donors (Lipinski definition) is 1. The van der Waals surface area contributed by atoms with Crippen LogP contribution in [0.3, 0.4) is 0 Å². The van der Waals surface area contributed by atoms with Gasteiger partial charge in [0.05, 0.1) is 11.7 Å². The van der Waals surface area contributed by atoms with Gasteiger partial charge >= 0.3 is 11.9 Å². The number of aliphatic hydroxyl groups is 1. The predicted octanol–water partition coefficient (Wildman–Crippen LogP) is 3.15. The summed E-state index contributed by atoms with van der Waals surface area (Å²) in [4.78, 5) is 24.1. The summed E-state index contributed by atoms with van der Waals surface area (Å²) in [5.41, 5.74) is 3.16. The van der Waals surface area contributed by atoms with E-state index in [2.05, 4.69) is 6.58 Å². The molecule has 0 saturated carbocycles. The van der Waals surface area contributed by atoms with Gasteiger partial charge in [-0.05, 0) is 52.2 Å². The van der Waals surface area contributed by atoms with Crippen LogP contribution in [-0.4, -0.2) is 35.4 Å². The van der Waals surface area contributed by atoms with Crippen molar-refractivity contribution in [1.82, 2.24) is 0 Å². The molecule has 25 heavy (non-hydrogen) atoms. The highest BCUT2D eigenvalue weighted by atomic mass is 16.6. The van der Waals surface area contributed by atoms with Crippen molar-refractivity contribution in [2.24, 2.45) is 0 Å². The third-order valence-electron chi connectivity index (χ3n) is 4.81. The Bertz CT molecular complexity index is 680. The maximum atomic E-state index is 12.1. The van der Waals surface area contributed by atoms with Gasteiger partial charge in [0.2, 0.25) is 0 Å². The highest BCUT2D eigenvalue weighted by Gasteiger charge is 2.38. The zero-order valence-electron chi connectivity index (χ0n) is 15.3. The number of allylic oxidation sites excluding steroid dienone is 2. The van der Waals surface area contributed by atoms with Crippen LogP contribution in [0.15, 0.2) is 46.6 Å². The summed E-state index contributed by atoms with van der Waals surface area (Å²) in [7, 11) is 0. The molecule has 0 aromatic carbocycles. The second-order valence-corrected chi connectivity index (χ2v) is 6.69. The Morgan fingerprint density at radius 2 is 2.12 bits per heavy atom. The zero-order valence-corrected chi connectivity index (χ0v) is 15.3. The van der Waals surface area contributed by atoms with Crippen LogP contribution in [0.2, 0.25) is 0 Å². The molecule has 1 saturated heterocycles. The molecule has 1 heterocycles. The first kappa shape index (κ1) is 19.2. The van der Waals surface area contributed by atoms with Crippen LogP contribution in [0.5, 0.6) is 0 Å². The summed E-state index contributed by atoms with van der Waals surface area (Å²) < 4.78 is 11.0. The molecule has 1 N–H and O–H groups in total. The second kappa shape index (κ2) is 7.83. The van der Waals surface area contributed by atoms with Crippen LogP contribution >= 0.6 is 0 Å². The lowest BCUT2D eigenvalue weighted by molar-refractivity contribution is -0.144. The van der Waals surface area contributed by atoms with E-state index in [0.717, 1.165) is 5.57 Å². The van der Waals surface area contributed by atoms with Gasteiger partial charge < -0.3 is 14.6 Å². The van der Waals surface area contributed by atoms with Gasteiger partial charge in [0.15, 0.2) is 0 Å². The van der Waals surface area contributed by atoms with E-state index >= 15 is 0 Å². The minimum Gasteiger partial charge on any atom is -0.455 e. The number of fused-ring (bicyclic) bond motifs is 1. The maximum Gasteiger partial charge on any atom is 0.338 e. The van der Waals surface area contributed by atoms with Crippen molar-refractivity contribution in [2.75, 3.05) is 0 Å². The minimum absolute atomic E-state index is 0.275. The number of esters is 2. The number of aliphatic hydroxyl groups excluding tert-OH is 1. The minimum atomic E-state index is -0.656. The number of carbonyl (C=O) groups excluding carboxylic acids is 2. The first-order valence-corrected chi connectivity index (χ1v) is 8.54. The fourth-order valence-corrected chi connectivity index (χ4v) is 3.09. The van der Waals surface area contributed by atoms with Gasteiger partial charge in [-0.25, -0.2) is 9.59 Å². The van der Waals surface area contributed by atoms with E-state index in [0.29, 0.717) is 36.0 Å². The van der Waals surface area contributed by atoms with Gasteiger partial charge in [0, 0.05) is 17.6 Å². The molecule has 1 fully saturated rings. The monoisotopic (exact) mass is 346 g/mol. The molecular formula is C20H26O5. The van der Waals surface area contributed by atoms with E-state index in [1.54, 1.807) is 26.8 Å². The summed E-state index contributed by atoms with van der Waals surface area (Å²) in [6.07, 6.45) is 3.35. The fraction of sp³-hybridized carbons (Fsp3) is 0.500. The van der Waals surface area contributed by atoms with Gasteiger partial charge in [-0.2, -0.15) is 0 Å². The molecule has 5 nitrogen and oxygen atoms in total. The smallest absolute Gasteiger partial charge is 0.338 e. The lowest BCUT2D eigenvalue weighted by Gasteiger charge is -2.24. The Balaban J connectivity index is 2.36. The van der Waals surface area contributed by atoms with Crippen molar-refractivity contribution in [2.45, 2.75) is 65.3 Å². The topological polar surface area (TPSA) is 72.8 Å². The van der Waals surface area contributed by atoms with Crippen molar-refractivity contribution in [3.05, 3.63) is 46.6 Å². The van der Waals surface area contributed by atoms with E-state index in [1.165, 1.54) is 0 Å². The van der Waals surface area contributed by atoms with E-state index in [1.807, 2.05) is 13.0 Å². The van der Waals surface area contributed by atoms with Crippen LogP contribution in [0, 0.1) is 0 Å². The molecule has 0 amide bonds. The number of carbonyl (C=O) groups is 2. The molecule has 5 heteroatoms. The van der Waals surface area contributed by atoms with Crippen molar-refractivity contribution in [3.63, 3.8) is 0 Å². The number of ether oxygens (including phenoxy) is 2. The van der Waals surface area contributed by atoms with E-state index in [9.17, 15) is 14.7 Å². The molecule has 2 rings (SSSR count). The van der Waals surface area contributed by atoms with Crippen LogP contribution in [-0.2, 0) is 19.1 Å². The normalized spacial score (nSPS) is 33.2. The van der Waals surface area contributed by atoms with Gasteiger partial charge in [-0.3, -0.25) is 0 Å². The van der Waals surface area contributed by atoms with Crippen LogP contribution in [0.4, 0.5) is 0 Å². The van der Waals surface area contributed by atoms with Crippen LogP contribution < -0.4 is 0 Å². The zero-order chi connectivity index (χ0) is 18.7. The summed E-state index contributed by atoms with van der Waals surface area (Å²) in [6, 6.07) is 0. The Morgan fingerprint density at radius 1 is 1.44 bits per heavy atom. The molecule has 1 aliphatic heterocycles. The second-order valence-electron chi connectivity index (χ2n) is 6.69. The largest absolute Gasteiger partial charge is 0.455 e. The molecule has 0 unspecified atom stereocenters. The molecule has 0 radical (unpaired) electrons. The average Bonchev–Trinajstić information content (AvgIpc) is 2.84. The molecule has 3 atom stereocenters. The summed E-state index contributed by atoms with van der Waals surface area (Å²) in [5, 5.41) is 10.4. The molecular weight excluding hydrogens is 320 g/mol. The number of hydrogen-bond acceptors (Lipinski definition) is 5. The van der Waals surface area contributed by atoms with Gasteiger partial charge in [-0.15, -0.1) is 0 Å². The van der Waals surface area contributed by atoms with Crippen molar-refractivity contribution < 1.29 is 24.2 Å². The Morgan fingerprint density at radius 3 is 2.76 bits per heavy atom. The molecule has 0 bridgehead atoms. The van der Waals surface area contributed by atoms with E-state index in [4.69, 9.17) is 9.47 Å². The molecule has 0 aromatic heterocycles. The first-order chi connectivity index (χ1) is 11.7. The highest BCUT2D eigenvalue weighted by molar-refractivity contribution is 5.96. The maximum absolute atomic E-state index is 12.1. The fourth-order valence-electron chi connectivity index (χ4n) is 3.09. The SMILES string of the molecule is C=C1C(=O)O[C@@H]2C[C@H](OC(=O)/C(C)=C\C)/C=C(\C)CC[C@@H](O)/C(C)=C/12. The van der Waals surface area contributed by atoms with Crippen LogP contribution in [0.25, 0.3) is 0 Å².